The molecule has 0 amide bonds. The van der Waals surface area contributed by atoms with Crippen molar-refractivity contribution in [2.75, 3.05) is 45.9 Å². The van der Waals surface area contributed by atoms with Crippen LogP contribution in [0.25, 0.3) is 0 Å². The lowest BCUT2D eigenvalue weighted by Crippen LogP contribution is -2.59. The first-order chi connectivity index (χ1) is 13.1. The maximum atomic E-state index is 12.9. The van der Waals surface area contributed by atoms with E-state index in [0.717, 1.165) is 19.4 Å². The second kappa shape index (κ2) is 17.4. The average molecular weight is 388 g/mol. The number of carbonyl (C=O) groups excluding carboxylic acids is 1. The summed E-state index contributed by atoms with van der Waals surface area (Å²) in [5.74, 6) is -0.267. The van der Waals surface area contributed by atoms with Crippen LogP contribution in [0.15, 0.2) is 0 Å². The number of carbonyl (C=O) groups is 1. The van der Waals surface area contributed by atoms with Crippen molar-refractivity contribution in [2.24, 2.45) is 22.9 Å². The quantitative estimate of drug-likeness (QED) is 0.194. The van der Waals surface area contributed by atoms with Gasteiger partial charge in [0.05, 0.1) is 0 Å². The number of hydrogen-bond donors (Lipinski definition) is 4. The van der Waals surface area contributed by atoms with Crippen molar-refractivity contribution in [2.45, 2.75) is 76.7 Å². The Morgan fingerprint density at radius 1 is 0.778 bits per heavy atom. The van der Waals surface area contributed by atoms with E-state index in [2.05, 4.69) is 11.8 Å². The zero-order chi connectivity index (χ0) is 20.4. The minimum Gasteiger partial charge on any atom is -0.463 e. The van der Waals surface area contributed by atoms with Crippen molar-refractivity contribution < 1.29 is 9.53 Å². The van der Waals surface area contributed by atoms with Crippen LogP contribution in [0.1, 0.15) is 71.1 Å². The summed E-state index contributed by atoms with van der Waals surface area (Å²) in [6.07, 6.45) is 11.0. The lowest BCUT2D eigenvalue weighted by atomic mass is 9.88. The molecule has 0 aliphatic rings. The Labute approximate surface area is 166 Å². The first-order valence-electron chi connectivity index (χ1n) is 10.9. The van der Waals surface area contributed by atoms with Crippen LogP contribution < -0.4 is 22.9 Å². The summed E-state index contributed by atoms with van der Waals surface area (Å²) in [7, 11) is 0. The van der Waals surface area contributed by atoms with E-state index in [9.17, 15) is 4.79 Å². The summed E-state index contributed by atoms with van der Waals surface area (Å²) >= 11 is 0. The molecule has 0 atom stereocenters. The van der Waals surface area contributed by atoms with Gasteiger partial charge in [-0.05, 0) is 38.9 Å². The van der Waals surface area contributed by atoms with Gasteiger partial charge in [-0.15, -0.1) is 0 Å². The predicted octanol–water partition coefficient (Wildman–Crippen LogP) is 1.33. The van der Waals surface area contributed by atoms with Crippen molar-refractivity contribution in [3.63, 3.8) is 0 Å². The number of rotatable bonds is 19. The van der Waals surface area contributed by atoms with E-state index in [1.165, 1.54) is 38.5 Å². The van der Waals surface area contributed by atoms with Gasteiger partial charge in [0.25, 0.3) is 0 Å². The summed E-state index contributed by atoms with van der Waals surface area (Å²) in [4.78, 5) is 15.0. The van der Waals surface area contributed by atoms with Crippen LogP contribution >= 0.6 is 0 Å². The zero-order valence-electron chi connectivity index (χ0n) is 17.6. The van der Waals surface area contributed by atoms with Gasteiger partial charge >= 0.3 is 5.97 Å². The Kier molecular flexibility index (Phi) is 16.9. The van der Waals surface area contributed by atoms with Crippen molar-refractivity contribution >= 4 is 5.97 Å². The van der Waals surface area contributed by atoms with Crippen LogP contribution in [-0.4, -0.2) is 62.3 Å². The summed E-state index contributed by atoms with van der Waals surface area (Å²) in [5, 5.41) is 0. The highest BCUT2D eigenvalue weighted by Gasteiger charge is 2.43. The van der Waals surface area contributed by atoms with Crippen LogP contribution in [0.4, 0.5) is 0 Å². The molecule has 0 aromatic rings. The highest BCUT2D eigenvalue weighted by molar-refractivity contribution is 5.81. The van der Waals surface area contributed by atoms with Gasteiger partial charge in [-0.3, -0.25) is 9.69 Å². The maximum Gasteiger partial charge on any atom is 0.326 e. The van der Waals surface area contributed by atoms with Crippen LogP contribution in [-0.2, 0) is 9.53 Å². The smallest absolute Gasteiger partial charge is 0.326 e. The second-order valence-corrected chi connectivity index (χ2v) is 7.28. The molecule has 0 fully saturated rings. The first-order valence-corrected chi connectivity index (χ1v) is 10.9. The standard InChI is InChI=1S/C20H45N5O2/c1-2-3-4-5-6-7-8-9-16-25(17-14-23)20(10-12-21,11-13-22)19(26)27-18-15-24/h2-18,21-24H2,1H3. The summed E-state index contributed by atoms with van der Waals surface area (Å²) < 4.78 is 5.41. The Morgan fingerprint density at radius 2 is 1.33 bits per heavy atom. The van der Waals surface area contributed by atoms with Crippen molar-refractivity contribution in [3.8, 4) is 0 Å². The number of nitrogens with zero attached hydrogens (tertiary/aromatic N) is 1. The molecule has 0 unspecified atom stereocenters. The van der Waals surface area contributed by atoms with E-state index >= 15 is 0 Å². The van der Waals surface area contributed by atoms with Gasteiger partial charge in [0.1, 0.15) is 12.1 Å². The molecule has 0 aliphatic heterocycles. The van der Waals surface area contributed by atoms with Crippen LogP contribution in [0, 0.1) is 0 Å². The molecule has 27 heavy (non-hydrogen) atoms. The molecule has 0 spiro atoms. The molecule has 0 bridgehead atoms. The zero-order valence-corrected chi connectivity index (χ0v) is 17.6. The number of unbranched alkanes of at least 4 members (excludes halogenated alkanes) is 7. The molecule has 0 saturated carbocycles. The lowest BCUT2D eigenvalue weighted by Gasteiger charge is -2.42. The number of ether oxygens (including phenoxy) is 1. The summed E-state index contributed by atoms with van der Waals surface area (Å²) in [6, 6.07) is 0. The van der Waals surface area contributed by atoms with Crippen molar-refractivity contribution in [1.82, 2.24) is 4.90 Å². The minimum absolute atomic E-state index is 0.212. The van der Waals surface area contributed by atoms with Gasteiger partial charge in [0, 0.05) is 19.6 Å². The molecule has 7 nitrogen and oxygen atoms in total. The average Bonchev–Trinajstić information content (AvgIpc) is 2.67. The molecule has 0 heterocycles. The van der Waals surface area contributed by atoms with E-state index in [-0.39, 0.29) is 12.6 Å². The van der Waals surface area contributed by atoms with E-state index in [4.69, 9.17) is 27.7 Å². The van der Waals surface area contributed by atoms with Gasteiger partial charge in [-0.25, -0.2) is 0 Å². The van der Waals surface area contributed by atoms with Gasteiger partial charge in [0.15, 0.2) is 0 Å². The third kappa shape index (κ3) is 10.4. The number of esters is 1. The molecule has 0 aliphatic carbocycles. The highest BCUT2D eigenvalue weighted by atomic mass is 16.5. The van der Waals surface area contributed by atoms with E-state index < -0.39 is 5.54 Å². The second-order valence-electron chi connectivity index (χ2n) is 7.28. The topological polar surface area (TPSA) is 134 Å². The number of hydrogen-bond acceptors (Lipinski definition) is 7. The Bertz CT molecular complexity index is 349. The van der Waals surface area contributed by atoms with E-state index in [0.29, 0.717) is 45.6 Å². The van der Waals surface area contributed by atoms with E-state index in [1.54, 1.807) is 0 Å². The third-order valence-corrected chi connectivity index (χ3v) is 5.13. The Hall–Kier alpha value is -0.730. The molecular weight excluding hydrogens is 342 g/mol. The highest BCUT2D eigenvalue weighted by Crippen LogP contribution is 2.26. The molecule has 0 aromatic heterocycles. The molecule has 7 heteroatoms. The SMILES string of the molecule is CCCCCCCCCCN(CCN)C(CCN)(CCN)C(=O)OCCN. The summed E-state index contributed by atoms with van der Waals surface area (Å²) in [5.41, 5.74) is 22.2. The normalized spacial score (nSPS) is 11.9. The van der Waals surface area contributed by atoms with Crippen molar-refractivity contribution in [3.05, 3.63) is 0 Å². The summed E-state index contributed by atoms with van der Waals surface area (Å²) in [6.45, 7) is 5.48. The van der Waals surface area contributed by atoms with Gasteiger partial charge in [-0.1, -0.05) is 51.9 Å². The lowest BCUT2D eigenvalue weighted by molar-refractivity contribution is -0.159. The van der Waals surface area contributed by atoms with Gasteiger partial charge in [0.2, 0.25) is 0 Å². The first kappa shape index (κ1) is 26.3. The molecule has 162 valence electrons. The Balaban J connectivity index is 4.81. The number of nitrogens with two attached hydrogens (primary N) is 4. The minimum atomic E-state index is -0.792. The Morgan fingerprint density at radius 3 is 1.81 bits per heavy atom. The molecule has 8 N–H and O–H groups in total. The molecule has 0 radical (unpaired) electrons. The monoisotopic (exact) mass is 387 g/mol. The molecule has 0 rings (SSSR count). The van der Waals surface area contributed by atoms with Crippen LogP contribution in [0.5, 0.6) is 0 Å². The van der Waals surface area contributed by atoms with Gasteiger partial charge < -0.3 is 27.7 Å². The fraction of sp³-hybridized carbons (Fsp3) is 0.950. The third-order valence-electron chi connectivity index (χ3n) is 5.13. The molecule has 0 aromatic carbocycles. The molecule has 0 saturated heterocycles. The largest absolute Gasteiger partial charge is 0.463 e. The van der Waals surface area contributed by atoms with Gasteiger partial charge in [-0.2, -0.15) is 0 Å². The fourth-order valence-electron chi connectivity index (χ4n) is 3.67. The van der Waals surface area contributed by atoms with Crippen molar-refractivity contribution in [1.29, 1.82) is 0 Å². The predicted molar refractivity (Wildman–Crippen MR) is 113 cm³/mol. The molecular formula is C20H45N5O2. The van der Waals surface area contributed by atoms with Crippen LogP contribution in [0.2, 0.25) is 0 Å². The van der Waals surface area contributed by atoms with Crippen LogP contribution in [0.3, 0.4) is 0 Å². The fourth-order valence-corrected chi connectivity index (χ4v) is 3.67. The van der Waals surface area contributed by atoms with E-state index in [1.807, 2.05) is 0 Å². The maximum absolute atomic E-state index is 12.9.